The summed E-state index contributed by atoms with van der Waals surface area (Å²) in [4.78, 5) is 11.6. The first-order valence-corrected chi connectivity index (χ1v) is 6.58. The molecule has 0 saturated carbocycles. The first-order chi connectivity index (χ1) is 7.99. The van der Waals surface area contributed by atoms with E-state index in [1.165, 1.54) is 0 Å². The summed E-state index contributed by atoms with van der Waals surface area (Å²) in [6, 6.07) is 7.82. The van der Waals surface area contributed by atoms with Crippen LogP contribution in [0.4, 0.5) is 4.79 Å². The van der Waals surface area contributed by atoms with Crippen LogP contribution in [-0.2, 0) is 0 Å². The molecule has 0 saturated heterocycles. The van der Waals surface area contributed by atoms with Gasteiger partial charge < -0.3 is 10.6 Å². The van der Waals surface area contributed by atoms with Gasteiger partial charge in [0.05, 0.1) is 6.04 Å². The van der Waals surface area contributed by atoms with Crippen LogP contribution in [0.5, 0.6) is 0 Å². The van der Waals surface area contributed by atoms with Crippen molar-refractivity contribution in [2.45, 2.75) is 26.8 Å². The molecule has 3 nitrogen and oxygen atoms in total. The van der Waals surface area contributed by atoms with Crippen molar-refractivity contribution in [1.29, 1.82) is 0 Å². The molecule has 0 fully saturated rings. The van der Waals surface area contributed by atoms with Crippen molar-refractivity contribution >= 4 is 22.0 Å². The van der Waals surface area contributed by atoms with Gasteiger partial charge in [0.25, 0.3) is 0 Å². The summed E-state index contributed by atoms with van der Waals surface area (Å²) in [6.07, 6.45) is 0. The lowest BCUT2D eigenvalue weighted by Crippen LogP contribution is -2.38. The molecule has 1 aromatic rings. The number of amides is 2. The molecule has 0 aliphatic carbocycles. The van der Waals surface area contributed by atoms with Crippen molar-refractivity contribution < 1.29 is 4.79 Å². The average molecular weight is 299 g/mol. The van der Waals surface area contributed by atoms with Gasteiger partial charge >= 0.3 is 6.03 Å². The molecule has 1 atom stereocenters. The number of rotatable bonds is 4. The molecular weight excluding hydrogens is 280 g/mol. The van der Waals surface area contributed by atoms with E-state index in [0.717, 1.165) is 10.0 Å². The van der Waals surface area contributed by atoms with Crippen LogP contribution in [0.25, 0.3) is 0 Å². The van der Waals surface area contributed by atoms with Crippen molar-refractivity contribution in [3.8, 4) is 0 Å². The number of benzene rings is 1. The van der Waals surface area contributed by atoms with Crippen molar-refractivity contribution in [3.63, 3.8) is 0 Å². The lowest BCUT2D eigenvalue weighted by molar-refractivity contribution is 0.236. The minimum absolute atomic E-state index is 0.000313. The monoisotopic (exact) mass is 298 g/mol. The molecule has 2 amide bonds. The minimum atomic E-state index is -0.119. The van der Waals surface area contributed by atoms with Crippen molar-refractivity contribution in [1.82, 2.24) is 10.6 Å². The van der Waals surface area contributed by atoms with Gasteiger partial charge in [-0.05, 0) is 30.5 Å². The molecule has 0 radical (unpaired) electrons. The highest BCUT2D eigenvalue weighted by Crippen LogP contribution is 2.17. The van der Waals surface area contributed by atoms with E-state index < -0.39 is 0 Å². The number of carbonyl (C=O) groups excluding carboxylic acids is 1. The molecule has 0 aliphatic heterocycles. The zero-order chi connectivity index (χ0) is 12.8. The van der Waals surface area contributed by atoms with Crippen molar-refractivity contribution in [2.24, 2.45) is 5.92 Å². The van der Waals surface area contributed by atoms with Gasteiger partial charge in [-0.1, -0.05) is 41.9 Å². The van der Waals surface area contributed by atoms with Crippen LogP contribution >= 0.6 is 15.9 Å². The molecule has 2 N–H and O–H groups in total. The molecule has 0 heterocycles. The maximum Gasteiger partial charge on any atom is 0.315 e. The lowest BCUT2D eigenvalue weighted by Gasteiger charge is -2.16. The highest BCUT2D eigenvalue weighted by molar-refractivity contribution is 9.10. The zero-order valence-electron chi connectivity index (χ0n) is 10.5. The summed E-state index contributed by atoms with van der Waals surface area (Å²) in [5.74, 6) is 0.460. The van der Waals surface area contributed by atoms with E-state index in [-0.39, 0.29) is 12.1 Å². The van der Waals surface area contributed by atoms with Gasteiger partial charge in [0.2, 0.25) is 0 Å². The fourth-order valence-corrected chi connectivity index (χ4v) is 1.82. The predicted octanol–water partition coefficient (Wildman–Crippen LogP) is 3.47. The Balaban J connectivity index is 2.48. The van der Waals surface area contributed by atoms with Gasteiger partial charge in [0.15, 0.2) is 0 Å². The van der Waals surface area contributed by atoms with Gasteiger partial charge in [0.1, 0.15) is 0 Å². The summed E-state index contributed by atoms with van der Waals surface area (Å²) in [7, 11) is 0. The van der Waals surface area contributed by atoms with E-state index in [0.29, 0.717) is 12.5 Å². The molecule has 1 unspecified atom stereocenters. The van der Waals surface area contributed by atoms with Crippen LogP contribution in [-0.4, -0.2) is 12.6 Å². The second-order valence-corrected chi connectivity index (χ2v) is 5.44. The molecule has 17 heavy (non-hydrogen) atoms. The summed E-state index contributed by atoms with van der Waals surface area (Å²) in [5.41, 5.74) is 1.08. The van der Waals surface area contributed by atoms with Crippen LogP contribution in [0.1, 0.15) is 32.4 Å². The highest BCUT2D eigenvalue weighted by atomic mass is 79.9. The van der Waals surface area contributed by atoms with Crippen LogP contribution in [0.3, 0.4) is 0 Å². The normalized spacial score (nSPS) is 12.3. The van der Waals surface area contributed by atoms with E-state index in [1.54, 1.807) is 0 Å². The SMILES string of the molecule is CC(C)CNC(=O)NC(C)c1cccc(Br)c1. The van der Waals surface area contributed by atoms with Crippen LogP contribution in [0.15, 0.2) is 28.7 Å². The maximum atomic E-state index is 11.6. The predicted molar refractivity (Wildman–Crippen MR) is 73.9 cm³/mol. The Morgan fingerprint density at radius 2 is 2.06 bits per heavy atom. The number of carbonyl (C=O) groups is 1. The minimum Gasteiger partial charge on any atom is -0.338 e. The molecule has 0 aliphatic rings. The Morgan fingerprint density at radius 3 is 2.65 bits per heavy atom. The second kappa shape index (κ2) is 6.64. The Morgan fingerprint density at radius 1 is 1.35 bits per heavy atom. The van der Waals surface area contributed by atoms with E-state index in [1.807, 2.05) is 31.2 Å². The molecule has 4 heteroatoms. The van der Waals surface area contributed by atoms with Gasteiger partial charge in [-0.2, -0.15) is 0 Å². The molecule has 0 aromatic heterocycles. The standard InChI is InChI=1S/C13H19BrN2O/c1-9(2)8-15-13(17)16-10(3)11-5-4-6-12(14)7-11/h4-7,9-10H,8H2,1-3H3,(H2,15,16,17). The summed E-state index contributed by atoms with van der Waals surface area (Å²) in [5, 5.41) is 5.74. The summed E-state index contributed by atoms with van der Waals surface area (Å²) in [6.45, 7) is 6.80. The highest BCUT2D eigenvalue weighted by Gasteiger charge is 2.09. The van der Waals surface area contributed by atoms with E-state index in [4.69, 9.17) is 0 Å². The van der Waals surface area contributed by atoms with Gasteiger partial charge in [-0.3, -0.25) is 0 Å². The smallest absolute Gasteiger partial charge is 0.315 e. The van der Waals surface area contributed by atoms with Crippen LogP contribution in [0, 0.1) is 5.92 Å². The molecule has 1 rings (SSSR count). The van der Waals surface area contributed by atoms with Gasteiger partial charge in [-0.25, -0.2) is 4.79 Å². The molecule has 0 spiro atoms. The average Bonchev–Trinajstić information content (AvgIpc) is 2.26. The summed E-state index contributed by atoms with van der Waals surface area (Å²) < 4.78 is 1.02. The van der Waals surface area contributed by atoms with Gasteiger partial charge in [0, 0.05) is 11.0 Å². The quantitative estimate of drug-likeness (QED) is 0.878. The third kappa shape index (κ3) is 5.22. The van der Waals surface area contributed by atoms with E-state index >= 15 is 0 Å². The largest absolute Gasteiger partial charge is 0.338 e. The molecule has 94 valence electrons. The van der Waals surface area contributed by atoms with Crippen molar-refractivity contribution in [2.75, 3.05) is 6.54 Å². The fourth-order valence-electron chi connectivity index (χ4n) is 1.40. The first-order valence-electron chi connectivity index (χ1n) is 5.79. The van der Waals surface area contributed by atoms with Crippen LogP contribution in [0.2, 0.25) is 0 Å². The van der Waals surface area contributed by atoms with Gasteiger partial charge in [-0.15, -0.1) is 0 Å². The number of nitrogens with one attached hydrogen (secondary N) is 2. The zero-order valence-corrected chi connectivity index (χ0v) is 12.0. The number of urea groups is 1. The Hall–Kier alpha value is -1.03. The molecular formula is C13H19BrN2O. The summed E-state index contributed by atoms with van der Waals surface area (Å²) >= 11 is 3.42. The Bertz CT molecular complexity index is 379. The maximum absolute atomic E-state index is 11.6. The Labute approximate surface area is 111 Å². The van der Waals surface area contributed by atoms with E-state index in [2.05, 4.69) is 40.4 Å². The fraction of sp³-hybridized carbons (Fsp3) is 0.462. The third-order valence-corrected chi connectivity index (χ3v) is 2.86. The number of hydrogen-bond donors (Lipinski definition) is 2. The van der Waals surface area contributed by atoms with Crippen molar-refractivity contribution in [3.05, 3.63) is 34.3 Å². The van der Waals surface area contributed by atoms with Crippen LogP contribution < -0.4 is 10.6 Å². The number of halogens is 1. The second-order valence-electron chi connectivity index (χ2n) is 4.52. The lowest BCUT2D eigenvalue weighted by atomic mass is 10.1. The molecule has 0 bridgehead atoms. The Kier molecular flexibility index (Phi) is 5.48. The topological polar surface area (TPSA) is 41.1 Å². The number of hydrogen-bond acceptors (Lipinski definition) is 1. The first kappa shape index (κ1) is 14.0. The van der Waals surface area contributed by atoms with E-state index in [9.17, 15) is 4.79 Å². The third-order valence-electron chi connectivity index (χ3n) is 2.37. The molecule has 1 aromatic carbocycles.